The van der Waals surface area contributed by atoms with E-state index in [1.54, 1.807) is 18.3 Å². The number of nitrogens with one attached hydrogen (secondary N) is 2. The van der Waals surface area contributed by atoms with E-state index in [4.69, 9.17) is 5.73 Å². The molecule has 0 bridgehead atoms. The Morgan fingerprint density at radius 3 is 2.62 bits per heavy atom. The molecule has 1 saturated heterocycles. The van der Waals surface area contributed by atoms with Crippen molar-refractivity contribution >= 4 is 45.0 Å². The second-order valence-electron chi connectivity index (χ2n) is 10.5. The zero-order chi connectivity index (χ0) is 26.1. The monoisotopic (exact) mass is 567 g/mol. The highest BCUT2D eigenvalue weighted by molar-refractivity contribution is 9.10. The number of pyridine rings is 1. The summed E-state index contributed by atoms with van der Waals surface area (Å²) < 4.78 is 0.544. The smallest absolute Gasteiger partial charge is 0.252 e. The number of Topliss-reactive ketones (excluding diaryl/α,β-unsaturated/α-hetero) is 1. The van der Waals surface area contributed by atoms with Gasteiger partial charge in [-0.2, -0.15) is 0 Å². The number of benzene rings is 1. The van der Waals surface area contributed by atoms with Gasteiger partial charge in [-0.1, -0.05) is 6.92 Å². The fourth-order valence-corrected chi connectivity index (χ4v) is 6.31. The number of primary amides is 1. The van der Waals surface area contributed by atoms with Crippen LogP contribution in [0.4, 0.5) is 11.5 Å². The molecule has 37 heavy (non-hydrogen) atoms. The molecule has 2 amide bonds. The summed E-state index contributed by atoms with van der Waals surface area (Å²) in [4.78, 5) is 44.6. The summed E-state index contributed by atoms with van der Waals surface area (Å²) in [7, 11) is 0. The van der Waals surface area contributed by atoms with E-state index < -0.39 is 5.91 Å². The van der Waals surface area contributed by atoms with Crippen LogP contribution in [-0.2, 0) is 0 Å². The number of carbonyl (C=O) groups excluding carboxylic acids is 3. The van der Waals surface area contributed by atoms with Crippen LogP contribution in [0.15, 0.2) is 34.9 Å². The molecule has 3 fully saturated rings. The van der Waals surface area contributed by atoms with Crippen LogP contribution in [0.2, 0.25) is 0 Å². The Balaban J connectivity index is 1.28. The summed E-state index contributed by atoms with van der Waals surface area (Å²) in [6, 6.07) is 7.57. The van der Waals surface area contributed by atoms with Crippen LogP contribution < -0.4 is 21.3 Å². The van der Waals surface area contributed by atoms with Crippen molar-refractivity contribution in [2.75, 3.05) is 23.3 Å². The van der Waals surface area contributed by atoms with Crippen LogP contribution >= 0.6 is 15.9 Å². The number of ketones is 1. The maximum absolute atomic E-state index is 13.3. The third kappa shape index (κ3) is 5.51. The molecule has 0 radical (unpaired) electrons. The van der Waals surface area contributed by atoms with Crippen LogP contribution in [0, 0.1) is 11.8 Å². The molecule has 1 aliphatic heterocycles. The number of amides is 2. The molecule has 3 aliphatic rings. The fourth-order valence-electron chi connectivity index (χ4n) is 5.79. The van der Waals surface area contributed by atoms with Crippen molar-refractivity contribution in [3.8, 4) is 0 Å². The van der Waals surface area contributed by atoms with Crippen molar-refractivity contribution in [1.82, 2.24) is 10.3 Å². The Labute approximate surface area is 225 Å². The predicted octanol–water partition coefficient (Wildman–Crippen LogP) is 4.54. The lowest BCUT2D eigenvalue weighted by molar-refractivity contribution is 0.0933. The average molecular weight is 569 g/mol. The van der Waals surface area contributed by atoms with Crippen molar-refractivity contribution < 1.29 is 14.4 Å². The lowest BCUT2D eigenvalue weighted by Gasteiger charge is -2.38. The summed E-state index contributed by atoms with van der Waals surface area (Å²) in [5.41, 5.74) is 7.67. The summed E-state index contributed by atoms with van der Waals surface area (Å²) in [5, 5.41) is 6.44. The lowest BCUT2D eigenvalue weighted by atomic mass is 9.92. The summed E-state index contributed by atoms with van der Waals surface area (Å²) in [6.07, 6.45) is 8.57. The number of piperidine rings is 1. The molecule has 8 nitrogen and oxygen atoms in total. The summed E-state index contributed by atoms with van der Waals surface area (Å²) >= 11 is 3.46. The molecule has 3 atom stereocenters. The Bertz CT molecular complexity index is 1200. The molecule has 2 aromatic rings. The molecular formula is C28H34BrN5O3. The number of hydrogen-bond acceptors (Lipinski definition) is 6. The van der Waals surface area contributed by atoms with Crippen molar-refractivity contribution in [2.45, 2.75) is 64.0 Å². The molecule has 9 heteroatoms. The number of hydrogen-bond donors (Lipinski definition) is 3. The Morgan fingerprint density at radius 1 is 1.14 bits per heavy atom. The van der Waals surface area contributed by atoms with E-state index in [2.05, 4.69) is 36.4 Å². The molecule has 2 heterocycles. The SMILES string of the molecule is CCCNc1cc(C(=O)NC2CC3CCCN(c4ccc(C(=O)C5CC5)cn4)C3C2)c(Br)cc1C(N)=O. The van der Waals surface area contributed by atoms with Crippen LogP contribution in [-0.4, -0.2) is 47.8 Å². The van der Waals surface area contributed by atoms with Gasteiger partial charge in [0, 0.05) is 53.0 Å². The summed E-state index contributed by atoms with van der Waals surface area (Å²) in [5.74, 6) is 1.09. The number of carbonyl (C=O) groups is 3. The molecule has 2 saturated carbocycles. The van der Waals surface area contributed by atoms with Gasteiger partial charge < -0.3 is 21.3 Å². The molecule has 2 aliphatic carbocycles. The van der Waals surface area contributed by atoms with Gasteiger partial charge in [-0.3, -0.25) is 14.4 Å². The first-order valence-corrected chi connectivity index (χ1v) is 14.1. The number of nitrogens with two attached hydrogens (primary N) is 1. The third-order valence-corrected chi connectivity index (χ3v) is 8.48. The third-order valence-electron chi connectivity index (χ3n) is 7.82. The lowest BCUT2D eigenvalue weighted by Crippen LogP contribution is -2.43. The average Bonchev–Trinajstić information content (AvgIpc) is 3.66. The second-order valence-corrected chi connectivity index (χ2v) is 11.4. The molecule has 5 rings (SSSR count). The molecule has 196 valence electrons. The van der Waals surface area contributed by atoms with Crippen LogP contribution in [0.3, 0.4) is 0 Å². The molecule has 1 aromatic heterocycles. The number of nitrogens with zero attached hydrogens (tertiary/aromatic N) is 2. The number of aromatic nitrogens is 1. The van der Waals surface area contributed by atoms with Crippen LogP contribution in [0.1, 0.15) is 82.9 Å². The number of rotatable bonds is 9. The molecule has 3 unspecified atom stereocenters. The van der Waals surface area contributed by atoms with E-state index >= 15 is 0 Å². The number of fused-ring (bicyclic) bond motifs is 1. The van der Waals surface area contributed by atoms with Gasteiger partial charge in [0.25, 0.3) is 11.8 Å². The molecule has 0 spiro atoms. The number of anilines is 2. The molecular weight excluding hydrogens is 534 g/mol. The maximum Gasteiger partial charge on any atom is 0.252 e. The van der Waals surface area contributed by atoms with Gasteiger partial charge in [0.15, 0.2) is 5.78 Å². The van der Waals surface area contributed by atoms with Gasteiger partial charge in [-0.15, -0.1) is 0 Å². The summed E-state index contributed by atoms with van der Waals surface area (Å²) in [6.45, 7) is 3.63. The maximum atomic E-state index is 13.3. The van der Waals surface area contributed by atoms with Crippen molar-refractivity contribution in [1.29, 1.82) is 0 Å². The minimum absolute atomic E-state index is 0.0496. The highest BCUT2D eigenvalue weighted by Crippen LogP contribution is 2.39. The van der Waals surface area contributed by atoms with Gasteiger partial charge in [0.2, 0.25) is 0 Å². The van der Waals surface area contributed by atoms with Gasteiger partial charge in [0.05, 0.1) is 11.1 Å². The number of halogens is 1. The first kappa shape index (κ1) is 25.7. The Morgan fingerprint density at radius 2 is 1.95 bits per heavy atom. The van der Waals surface area contributed by atoms with Crippen molar-refractivity contribution in [2.24, 2.45) is 17.6 Å². The van der Waals surface area contributed by atoms with Crippen molar-refractivity contribution in [3.05, 3.63) is 51.6 Å². The zero-order valence-electron chi connectivity index (χ0n) is 21.1. The minimum atomic E-state index is -0.537. The van der Waals surface area contributed by atoms with E-state index in [0.717, 1.165) is 57.3 Å². The second kappa shape index (κ2) is 10.8. The highest BCUT2D eigenvalue weighted by atomic mass is 79.9. The van der Waals surface area contributed by atoms with Crippen LogP contribution in [0.25, 0.3) is 0 Å². The highest BCUT2D eigenvalue weighted by Gasteiger charge is 2.41. The van der Waals surface area contributed by atoms with E-state index in [1.165, 1.54) is 0 Å². The van der Waals surface area contributed by atoms with Gasteiger partial charge in [0.1, 0.15) is 5.82 Å². The normalized spacial score (nSPS) is 22.9. The van der Waals surface area contributed by atoms with E-state index in [9.17, 15) is 14.4 Å². The largest absolute Gasteiger partial charge is 0.384 e. The molecule has 4 N–H and O–H groups in total. The van der Waals surface area contributed by atoms with Gasteiger partial charge in [-0.25, -0.2) is 4.98 Å². The minimum Gasteiger partial charge on any atom is -0.384 e. The van der Waals surface area contributed by atoms with E-state index in [0.29, 0.717) is 45.4 Å². The first-order chi connectivity index (χ1) is 17.9. The van der Waals surface area contributed by atoms with Crippen molar-refractivity contribution in [3.63, 3.8) is 0 Å². The Hall–Kier alpha value is -2.94. The molecule has 1 aromatic carbocycles. The fraction of sp³-hybridized carbons (Fsp3) is 0.500. The predicted molar refractivity (Wildman–Crippen MR) is 147 cm³/mol. The van der Waals surface area contributed by atoms with Gasteiger partial charge in [-0.05, 0) is 91.1 Å². The van der Waals surface area contributed by atoms with E-state index in [-0.39, 0.29) is 23.7 Å². The quantitative estimate of drug-likeness (QED) is 0.383. The Kier molecular flexibility index (Phi) is 7.51. The van der Waals surface area contributed by atoms with Gasteiger partial charge >= 0.3 is 0 Å². The standard InChI is InChI=1S/C28H34BrN5O3/c1-2-9-31-23-14-20(22(29)13-21(23)27(30)36)28(37)33-19-11-17-4-3-10-34(24(17)12-19)25-8-7-18(15-32-25)26(35)16-5-6-16/h7-8,13-17,19,24,31H,2-6,9-12H2,1H3,(H2,30,36)(H,33,37). The zero-order valence-corrected chi connectivity index (χ0v) is 22.7. The van der Waals surface area contributed by atoms with E-state index in [1.807, 2.05) is 19.1 Å². The topological polar surface area (TPSA) is 117 Å². The van der Waals surface area contributed by atoms with Crippen LogP contribution in [0.5, 0.6) is 0 Å². The first-order valence-electron chi connectivity index (χ1n) is 13.3.